The van der Waals surface area contributed by atoms with E-state index < -0.39 is 60.0 Å². The molecule has 0 saturated carbocycles. The topological polar surface area (TPSA) is 113 Å². The number of aliphatic carboxylic acids is 1. The Bertz CT molecular complexity index is 1380. The van der Waals surface area contributed by atoms with E-state index in [1.807, 2.05) is 0 Å². The molecule has 14 heteroatoms. The third-order valence-corrected chi connectivity index (χ3v) is 8.38. The summed E-state index contributed by atoms with van der Waals surface area (Å²) in [5, 5.41) is 14.4. The molecule has 0 aliphatic carbocycles. The molecule has 5 rings (SSSR count). The number of carbonyl (C=O) groups excluding carboxylic acids is 1. The molecule has 0 unspecified atom stereocenters. The summed E-state index contributed by atoms with van der Waals surface area (Å²) in [7, 11) is 1.15. The van der Waals surface area contributed by atoms with Crippen LogP contribution >= 0.6 is 11.3 Å². The number of rotatable bonds is 7. The zero-order valence-corrected chi connectivity index (χ0v) is 22.3. The van der Waals surface area contributed by atoms with Crippen LogP contribution in [0.5, 0.6) is 0 Å². The zero-order valence-electron chi connectivity index (χ0n) is 21.5. The summed E-state index contributed by atoms with van der Waals surface area (Å²) < 4.78 is 70.3. The van der Waals surface area contributed by atoms with Gasteiger partial charge in [0, 0.05) is 35.8 Å². The fourth-order valence-electron chi connectivity index (χ4n) is 5.61. The van der Waals surface area contributed by atoms with Gasteiger partial charge in [-0.3, -0.25) is 14.7 Å². The first-order chi connectivity index (χ1) is 19.0. The Morgan fingerprint density at radius 2 is 2.08 bits per heavy atom. The van der Waals surface area contributed by atoms with Crippen molar-refractivity contribution >= 4 is 29.1 Å². The molecule has 40 heavy (non-hydrogen) atoms. The van der Waals surface area contributed by atoms with Crippen molar-refractivity contribution < 1.29 is 41.7 Å². The minimum atomic E-state index is -3.39. The Kier molecular flexibility index (Phi) is 7.68. The van der Waals surface area contributed by atoms with Gasteiger partial charge in [-0.25, -0.2) is 27.3 Å². The van der Waals surface area contributed by atoms with E-state index in [4.69, 9.17) is 9.47 Å². The van der Waals surface area contributed by atoms with Crippen LogP contribution in [0.3, 0.4) is 0 Å². The van der Waals surface area contributed by atoms with Crippen molar-refractivity contribution in [3.63, 3.8) is 0 Å². The van der Waals surface area contributed by atoms with Crippen molar-refractivity contribution in [2.75, 3.05) is 26.9 Å². The molecule has 1 aromatic carbocycles. The first kappa shape index (κ1) is 28.2. The second-order valence-corrected chi connectivity index (χ2v) is 10.8. The van der Waals surface area contributed by atoms with Gasteiger partial charge < -0.3 is 19.9 Å². The van der Waals surface area contributed by atoms with Crippen molar-refractivity contribution in [3.05, 3.63) is 62.7 Å². The summed E-state index contributed by atoms with van der Waals surface area (Å²) in [5.41, 5.74) is 0.264. The maximum Gasteiger partial charge on any atom is 0.338 e. The van der Waals surface area contributed by atoms with Crippen molar-refractivity contribution in [1.29, 1.82) is 0 Å². The average molecular weight is 583 g/mol. The van der Waals surface area contributed by atoms with Crippen LogP contribution in [0.2, 0.25) is 0 Å². The number of ether oxygens (including phenoxy) is 2. The third-order valence-electron chi connectivity index (χ3n) is 7.60. The van der Waals surface area contributed by atoms with Crippen LogP contribution in [0.1, 0.15) is 35.0 Å². The molecular weight excluding hydrogens is 556 g/mol. The molecule has 3 aliphatic heterocycles. The summed E-state index contributed by atoms with van der Waals surface area (Å²) >= 11 is 1.24. The van der Waals surface area contributed by atoms with E-state index in [0.29, 0.717) is 5.01 Å². The third kappa shape index (κ3) is 4.99. The van der Waals surface area contributed by atoms with Crippen LogP contribution in [-0.4, -0.2) is 77.6 Å². The van der Waals surface area contributed by atoms with Gasteiger partial charge in [0.25, 0.3) is 5.92 Å². The summed E-state index contributed by atoms with van der Waals surface area (Å²) in [6.45, 7) is 0.933. The van der Waals surface area contributed by atoms with Crippen LogP contribution in [0.25, 0.3) is 0 Å². The fraction of sp³-hybridized carbons (Fsp3) is 0.462. The van der Waals surface area contributed by atoms with Gasteiger partial charge in [-0.2, -0.15) is 0 Å². The predicted octanol–water partition coefficient (Wildman–Crippen LogP) is 3.45. The van der Waals surface area contributed by atoms with Crippen molar-refractivity contribution in [1.82, 2.24) is 15.2 Å². The highest BCUT2D eigenvalue weighted by Crippen LogP contribution is 2.45. The van der Waals surface area contributed by atoms with Gasteiger partial charge >= 0.3 is 11.9 Å². The monoisotopic (exact) mass is 582 g/mol. The molecule has 4 atom stereocenters. The number of thiazole rings is 1. The highest BCUT2D eigenvalue weighted by molar-refractivity contribution is 7.11. The molecule has 2 N–H and O–H groups in total. The fourth-order valence-corrected chi connectivity index (χ4v) is 6.20. The van der Waals surface area contributed by atoms with Gasteiger partial charge in [0.2, 0.25) is 0 Å². The van der Waals surface area contributed by atoms with E-state index in [1.54, 1.807) is 5.38 Å². The lowest BCUT2D eigenvalue weighted by Crippen LogP contribution is -2.67. The van der Waals surface area contributed by atoms with Crippen LogP contribution in [0.15, 0.2) is 40.0 Å². The number of methoxy groups -OCH3 is 1. The molecule has 3 aliphatic rings. The molecule has 0 amide bonds. The summed E-state index contributed by atoms with van der Waals surface area (Å²) in [5.74, 6) is -8.84. The SMILES string of the molecule is COC(=O)C1=C(CN2[C@@H]3COC[C@H]2C(F)(F)[C@@H](CC(=O)O)C3)NC(c2nccs2)=N[C@H]1c1ccc(F)c(F)c1C. The minimum Gasteiger partial charge on any atom is -0.481 e. The normalized spacial score (nSPS) is 26.2. The van der Waals surface area contributed by atoms with E-state index in [2.05, 4.69) is 15.3 Å². The van der Waals surface area contributed by atoms with Gasteiger partial charge in [-0.1, -0.05) is 6.07 Å². The van der Waals surface area contributed by atoms with Crippen LogP contribution < -0.4 is 5.32 Å². The van der Waals surface area contributed by atoms with E-state index in [1.165, 1.54) is 35.4 Å². The maximum atomic E-state index is 15.6. The van der Waals surface area contributed by atoms with Gasteiger partial charge in [0.15, 0.2) is 22.5 Å². The van der Waals surface area contributed by atoms with Crippen molar-refractivity contribution in [3.8, 4) is 0 Å². The lowest BCUT2D eigenvalue weighted by atomic mass is 9.79. The lowest BCUT2D eigenvalue weighted by Gasteiger charge is -2.52. The molecule has 0 spiro atoms. The van der Waals surface area contributed by atoms with E-state index >= 15 is 8.78 Å². The largest absolute Gasteiger partial charge is 0.481 e. The number of nitrogens with zero attached hydrogens (tertiary/aromatic N) is 3. The summed E-state index contributed by atoms with van der Waals surface area (Å²) in [6, 6.07) is -0.910. The number of benzene rings is 1. The molecule has 9 nitrogen and oxygen atoms in total. The number of aromatic nitrogens is 1. The first-order valence-corrected chi connectivity index (χ1v) is 13.3. The number of halogens is 4. The van der Waals surface area contributed by atoms with E-state index in [-0.39, 0.29) is 54.4 Å². The highest BCUT2D eigenvalue weighted by atomic mass is 32.1. The number of aliphatic imine (C=N–C) groups is 1. The quantitative estimate of drug-likeness (QED) is 0.377. The number of esters is 1. The number of alkyl halides is 2. The standard InChI is InChI=1S/C26H26F4N4O5S/c1-12-15(3-4-16(27)21(12)28)22-20(25(37)38-2)17(32-23(33-22)24-31-5-6-40-24)9-34-14-7-13(8-19(35)36)26(29,30)18(34)11-39-10-14/h3-6,13-14,18,22H,7-11H2,1-2H3,(H,32,33)(H,35,36)/t13-,14+,18+,22+/m1/s1. The minimum absolute atomic E-state index is 0.0492. The van der Waals surface area contributed by atoms with Gasteiger partial charge in [-0.15, -0.1) is 11.3 Å². The number of nitrogens with one attached hydrogen (secondary N) is 1. The molecule has 2 saturated heterocycles. The number of hydrogen-bond acceptors (Lipinski definition) is 9. The maximum absolute atomic E-state index is 15.6. The second-order valence-electron chi connectivity index (χ2n) is 9.89. The Labute approximate surface area is 230 Å². The van der Waals surface area contributed by atoms with Crippen molar-refractivity contribution in [2.24, 2.45) is 10.9 Å². The van der Waals surface area contributed by atoms with Crippen molar-refractivity contribution in [2.45, 2.75) is 43.8 Å². The van der Waals surface area contributed by atoms with E-state index in [9.17, 15) is 23.5 Å². The Morgan fingerprint density at radius 3 is 2.75 bits per heavy atom. The summed E-state index contributed by atoms with van der Waals surface area (Å²) in [6.07, 6.45) is 0.729. The average Bonchev–Trinajstić information content (AvgIpc) is 3.45. The van der Waals surface area contributed by atoms with Crippen LogP contribution in [0.4, 0.5) is 17.6 Å². The first-order valence-electron chi connectivity index (χ1n) is 12.5. The van der Waals surface area contributed by atoms with Crippen LogP contribution in [0, 0.1) is 24.5 Å². The number of piperidine rings is 1. The number of fused-ring (bicyclic) bond motifs is 2. The lowest BCUT2D eigenvalue weighted by molar-refractivity contribution is -0.219. The Morgan fingerprint density at radius 1 is 1.30 bits per heavy atom. The Hall–Kier alpha value is -3.36. The highest BCUT2D eigenvalue weighted by Gasteiger charge is 2.58. The number of carboxylic acid groups (broad SMARTS) is 1. The summed E-state index contributed by atoms with van der Waals surface area (Å²) in [4.78, 5) is 34.9. The number of hydrogen-bond donors (Lipinski definition) is 2. The number of carbonyl (C=O) groups is 2. The predicted molar refractivity (Wildman–Crippen MR) is 135 cm³/mol. The van der Waals surface area contributed by atoms with Gasteiger partial charge in [0.1, 0.15) is 6.04 Å². The van der Waals surface area contributed by atoms with E-state index in [0.717, 1.165) is 13.2 Å². The molecule has 2 fully saturated rings. The number of amidine groups is 1. The second kappa shape index (κ2) is 10.9. The van der Waals surface area contributed by atoms with Crippen LogP contribution in [-0.2, 0) is 19.1 Å². The smallest absolute Gasteiger partial charge is 0.338 e. The molecule has 2 bridgehead atoms. The number of carboxylic acids is 1. The van der Waals surface area contributed by atoms with Gasteiger partial charge in [0.05, 0.1) is 38.4 Å². The molecule has 0 radical (unpaired) electrons. The molecule has 4 heterocycles. The zero-order chi connectivity index (χ0) is 28.8. The molecular formula is C26H26F4N4O5S. The number of morpholine rings is 1. The molecule has 214 valence electrons. The molecule has 1 aromatic heterocycles. The van der Waals surface area contributed by atoms with Gasteiger partial charge in [-0.05, 0) is 30.5 Å². The molecule has 2 aromatic rings. The Balaban J connectivity index is 1.61.